The van der Waals surface area contributed by atoms with Crippen molar-refractivity contribution in [1.82, 2.24) is 0 Å². The van der Waals surface area contributed by atoms with E-state index in [1.807, 2.05) is 0 Å². The first kappa shape index (κ1) is 9.14. The molecule has 0 aliphatic rings. The molecule has 6 heteroatoms. The van der Waals surface area contributed by atoms with Crippen LogP contribution >= 0.6 is 0 Å². The van der Waals surface area contributed by atoms with Crippen LogP contribution in [-0.2, 0) is 0 Å². The Morgan fingerprint density at radius 1 is 1.62 bits per heavy atom. The molecule has 0 atom stereocenters. The molecule has 0 amide bonds. The zero-order chi connectivity index (χ0) is 9.84. The first-order valence-corrected chi connectivity index (χ1v) is 3.41. The summed E-state index contributed by atoms with van der Waals surface area (Å²) in [4.78, 5) is 13.5. The fourth-order valence-corrected chi connectivity index (χ4v) is 0.960. The quantitative estimate of drug-likeness (QED) is 0.316. The number of aliphatic imine (C=N–C) groups is 1. The average Bonchev–Trinajstić information content (AvgIpc) is 2.16. The fourth-order valence-electron chi connectivity index (χ4n) is 0.960. The third-order valence-corrected chi connectivity index (χ3v) is 1.53. The summed E-state index contributed by atoms with van der Waals surface area (Å²) in [6, 6.07) is 4.43. The van der Waals surface area contributed by atoms with E-state index in [4.69, 9.17) is 5.84 Å². The van der Waals surface area contributed by atoms with Crippen molar-refractivity contribution in [3.63, 3.8) is 0 Å². The van der Waals surface area contributed by atoms with Crippen molar-refractivity contribution in [2.24, 2.45) is 10.8 Å². The van der Waals surface area contributed by atoms with Crippen LogP contribution in [0.1, 0.15) is 0 Å². The van der Waals surface area contributed by atoms with Gasteiger partial charge >= 0.3 is 0 Å². The lowest BCUT2D eigenvalue weighted by atomic mass is 10.2. The zero-order valence-corrected chi connectivity index (χ0v) is 6.73. The van der Waals surface area contributed by atoms with Gasteiger partial charge in [-0.3, -0.25) is 20.9 Å². The molecular weight excluding hydrogens is 172 g/mol. The van der Waals surface area contributed by atoms with Gasteiger partial charge in [0.2, 0.25) is 0 Å². The number of nitrogens with two attached hydrogens (primary N) is 1. The fraction of sp³-hybridized carbons (Fsp3) is 0. The highest BCUT2D eigenvalue weighted by Crippen LogP contribution is 2.32. The normalized spacial score (nSPS) is 9.31. The minimum Gasteiger partial charge on any atom is -0.316 e. The number of nitro groups is 1. The third kappa shape index (κ3) is 1.62. The highest BCUT2D eigenvalue weighted by molar-refractivity contribution is 5.76. The number of benzene rings is 1. The van der Waals surface area contributed by atoms with Crippen molar-refractivity contribution in [2.75, 3.05) is 5.43 Å². The van der Waals surface area contributed by atoms with Gasteiger partial charge in [0.15, 0.2) is 5.69 Å². The van der Waals surface area contributed by atoms with Crippen molar-refractivity contribution < 1.29 is 4.92 Å². The Bertz CT molecular complexity index is 350. The van der Waals surface area contributed by atoms with E-state index in [1.165, 1.54) is 12.1 Å². The zero-order valence-electron chi connectivity index (χ0n) is 6.73. The molecule has 0 heterocycles. The van der Waals surface area contributed by atoms with E-state index >= 15 is 0 Å². The molecule has 1 rings (SSSR count). The van der Waals surface area contributed by atoms with Crippen LogP contribution in [0.5, 0.6) is 0 Å². The average molecular weight is 180 g/mol. The van der Waals surface area contributed by atoms with Crippen LogP contribution in [-0.4, -0.2) is 11.6 Å². The number of hydrogen-bond donors (Lipinski definition) is 2. The maximum absolute atomic E-state index is 10.5. The predicted octanol–water partition coefficient (Wildman–Crippen LogP) is 1.21. The van der Waals surface area contributed by atoms with Gasteiger partial charge in [-0.1, -0.05) is 6.07 Å². The van der Waals surface area contributed by atoms with Gasteiger partial charge in [-0.2, -0.15) is 0 Å². The van der Waals surface area contributed by atoms with Crippen LogP contribution < -0.4 is 11.3 Å². The number of anilines is 1. The molecule has 0 aliphatic carbocycles. The van der Waals surface area contributed by atoms with E-state index in [9.17, 15) is 10.1 Å². The Morgan fingerprint density at radius 3 is 2.77 bits per heavy atom. The van der Waals surface area contributed by atoms with Crippen molar-refractivity contribution in [3.05, 3.63) is 28.3 Å². The number of nitrogen functional groups attached to an aromatic ring is 1. The molecule has 0 spiro atoms. The Hall–Kier alpha value is -1.95. The molecule has 13 heavy (non-hydrogen) atoms. The molecule has 3 N–H and O–H groups in total. The lowest BCUT2D eigenvalue weighted by molar-refractivity contribution is -0.383. The van der Waals surface area contributed by atoms with Crippen molar-refractivity contribution in [2.45, 2.75) is 0 Å². The number of nitrogens with one attached hydrogen (secondary N) is 1. The number of nitrogens with zero attached hydrogens (tertiary/aromatic N) is 2. The Kier molecular flexibility index (Phi) is 2.56. The molecule has 6 nitrogen and oxygen atoms in total. The highest BCUT2D eigenvalue weighted by Gasteiger charge is 2.15. The third-order valence-electron chi connectivity index (χ3n) is 1.53. The molecule has 0 bridgehead atoms. The topological polar surface area (TPSA) is 93.5 Å². The van der Waals surface area contributed by atoms with E-state index in [1.54, 1.807) is 6.07 Å². The van der Waals surface area contributed by atoms with Gasteiger partial charge in [-0.05, 0) is 12.8 Å². The Labute approximate surface area is 74.2 Å². The number of hydrogen-bond acceptors (Lipinski definition) is 5. The number of para-hydroxylation sites is 1. The molecule has 0 saturated heterocycles. The van der Waals surface area contributed by atoms with Crippen LogP contribution in [0.2, 0.25) is 0 Å². The molecule has 0 saturated carbocycles. The maximum atomic E-state index is 10.5. The summed E-state index contributed by atoms with van der Waals surface area (Å²) >= 11 is 0. The number of hydrazine groups is 1. The Balaban J connectivity index is 3.35. The molecule has 0 aromatic heterocycles. The van der Waals surface area contributed by atoms with E-state index in [-0.39, 0.29) is 11.4 Å². The van der Waals surface area contributed by atoms with Gasteiger partial charge in [0.25, 0.3) is 5.69 Å². The SMILES string of the molecule is C=Nc1cccc([N+](=O)[O-])c1NN. The second-order valence-electron chi connectivity index (χ2n) is 2.23. The van der Waals surface area contributed by atoms with Crippen LogP contribution in [0.25, 0.3) is 0 Å². The highest BCUT2D eigenvalue weighted by atomic mass is 16.6. The molecule has 1 aromatic carbocycles. The van der Waals surface area contributed by atoms with Crippen molar-refractivity contribution in [1.29, 1.82) is 0 Å². The largest absolute Gasteiger partial charge is 0.316 e. The van der Waals surface area contributed by atoms with Crippen molar-refractivity contribution >= 4 is 23.8 Å². The lowest BCUT2D eigenvalue weighted by Gasteiger charge is -2.03. The van der Waals surface area contributed by atoms with Crippen LogP contribution in [0.15, 0.2) is 23.2 Å². The molecular formula is C7H8N4O2. The van der Waals surface area contributed by atoms with E-state index in [2.05, 4.69) is 17.1 Å². The van der Waals surface area contributed by atoms with Gasteiger partial charge in [0.05, 0.1) is 10.6 Å². The van der Waals surface area contributed by atoms with Crippen LogP contribution in [0.3, 0.4) is 0 Å². The van der Waals surface area contributed by atoms with E-state index in [0.717, 1.165) is 0 Å². The second kappa shape index (κ2) is 3.63. The predicted molar refractivity (Wildman–Crippen MR) is 50.1 cm³/mol. The molecule has 0 aliphatic heterocycles. The maximum Gasteiger partial charge on any atom is 0.295 e. The molecule has 0 fully saturated rings. The lowest BCUT2D eigenvalue weighted by Crippen LogP contribution is -2.09. The monoisotopic (exact) mass is 180 g/mol. The Morgan fingerprint density at radius 2 is 2.31 bits per heavy atom. The number of rotatable bonds is 3. The first-order valence-electron chi connectivity index (χ1n) is 3.41. The second-order valence-corrected chi connectivity index (χ2v) is 2.23. The summed E-state index contributed by atoms with van der Waals surface area (Å²) in [6.07, 6.45) is 0. The molecule has 0 radical (unpaired) electrons. The smallest absolute Gasteiger partial charge is 0.295 e. The summed E-state index contributed by atoms with van der Waals surface area (Å²) in [6.45, 7) is 3.27. The molecule has 1 aromatic rings. The van der Waals surface area contributed by atoms with Gasteiger partial charge in [-0.15, -0.1) is 0 Å². The van der Waals surface area contributed by atoms with E-state index in [0.29, 0.717) is 5.69 Å². The number of nitro benzene ring substituents is 1. The summed E-state index contributed by atoms with van der Waals surface area (Å²) in [5.74, 6) is 5.12. The van der Waals surface area contributed by atoms with Gasteiger partial charge in [-0.25, -0.2) is 0 Å². The van der Waals surface area contributed by atoms with Gasteiger partial charge in [0.1, 0.15) is 0 Å². The molecule has 68 valence electrons. The van der Waals surface area contributed by atoms with Crippen LogP contribution in [0, 0.1) is 10.1 Å². The van der Waals surface area contributed by atoms with Gasteiger partial charge < -0.3 is 5.43 Å². The minimum absolute atomic E-state index is 0.118. The van der Waals surface area contributed by atoms with Gasteiger partial charge in [0, 0.05) is 6.07 Å². The summed E-state index contributed by atoms with van der Waals surface area (Å²) in [5, 5.41) is 10.5. The first-order chi connectivity index (χ1) is 6.20. The minimum atomic E-state index is -0.538. The summed E-state index contributed by atoms with van der Waals surface area (Å²) < 4.78 is 0. The summed E-state index contributed by atoms with van der Waals surface area (Å²) in [7, 11) is 0. The van der Waals surface area contributed by atoms with Crippen molar-refractivity contribution in [3.8, 4) is 0 Å². The van der Waals surface area contributed by atoms with Crippen LogP contribution in [0.4, 0.5) is 17.1 Å². The standard InChI is InChI=1S/C7H8N4O2/c1-9-5-3-2-4-6(11(12)13)7(5)10-8/h2-4,10H,1,8H2. The van der Waals surface area contributed by atoms with E-state index < -0.39 is 4.92 Å². The molecule has 0 unspecified atom stereocenters. The summed E-state index contributed by atoms with van der Waals surface area (Å²) in [5.41, 5.74) is 2.63.